The Morgan fingerprint density at radius 1 is 0.305 bits per heavy atom. The van der Waals surface area contributed by atoms with E-state index in [1.165, 1.54) is 81.7 Å². The molecule has 3 nitrogen and oxygen atoms in total. The molecule has 0 aliphatic carbocycles. The predicted molar refractivity (Wildman–Crippen MR) is 250 cm³/mol. The maximum Gasteiger partial charge on any atom is 0.124 e. The van der Waals surface area contributed by atoms with E-state index in [1.54, 1.807) is 11.3 Å². The normalized spacial score (nSPS) is 11.7. The third-order valence-electron chi connectivity index (χ3n) is 11.7. The van der Waals surface area contributed by atoms with Gasteiger partial charge in [0.25, 0.3) is 0 Å². The minimum absolute atomic E-state index is 1.04. The summed E-state index contributed by atoms with van der Waals surface area (Å²) in [6, 6.07) is 77.1. The highest BCUT2D eigenvalue weighted by molar-refractivity contribution is 7.21. The van der Waals surface area contributed by atoms with Gasteiger partial charge in [0.15, 0.2) is 0 Å². The zero-order chi connectivity index (χ0) is 38.9. The molecular weight excluding hydrogens is 735 g/mol. The van der Waals surface area contributed by atoms with Gasteiger partial charge < -0.3 is 9.13 Å². The fraction of sp³-hybridized carbons (Fsp3) is 0. The monoisotopic (exact) mass is 769 g/mol. The standard InChI is InChI=1S/C55H35N3S/c1-3-13-36(14-4-1)41-31-42(37-15-5-2-6-16-37)33-44(32-41)58-51-21-11-8-18-46(51)48-35-40(26-30-53(48)58)39-25-29-52-47(34-39)45-17-7-10-20-50(45)57(52)43-27-23-38(24-28-43)55-56-49-19-9-12-22-54(49)59-55/h1-35H. The van der Waals surface area contributed by atoms with Crippen molar-refractivity contribution in [2.75, 3.05) is 0 Å². The third-order valence-corrected chi connectivity index (χ3v) is 12.8. The van der Waals surface area contributed by atoms with E-state index in [2.05, 4.69) is 215 Å². The smallest absolute Gasteiger partial charge is 0.124 e. The third kappa shape index (κ3) is 5.60. The van der Waals surface area contributed by atoms with Gasteiger partial charge in [0.2, 0.25) is 0 Å². The Balaban J connectivity index is 0.981. The maximum absolute atomic E-state index is 4.91. The van der Waals surface area contributed by atoms with Gasteiger partial charge in [0.05, 0.1) is 32.3 Å². The maximum atomic E-state index is 4.91. The van der Waals surface area contributed by atoms with Gasteiger partial charge in [0.1, 0.15) is 5.01 Å². The van der Waals surface area contributed by atoms with Gasteiger partial charge in [-0.25, -0.2) is 4.98 Å². The highest BCUT2D eigenvalue weighted by Crippen LogP contribution is 2.40. The van der Waals surface area contributed by atoms with Crippen LogP contribution in [0, 0.1) is 0 Å². The lowest BCUT2D eigenvalue weighted by atomic mass is 9.98. The molecule has 0 atom stereocenters. The molecule has 0 aliphatic rings. The van der Waals surface area contributed by atoms with Crippen molar-refractivity contribution >= 4 is 65.2 Å². The molecule has 0 radical (unpaired) electrons. The summed E-state index contributed by atoms with van der Waals surface area (Å²) < 4.78 is 6.04. The summed E-state index contributed by atoms with van der Waals surface area (Å²) in [5, 5.41) is 6.00. The first-order valence-electron chi connectivity index (χ1n) is 20.0. The number of hydrogen-bond acceptors (Lipinski definition) is 2. The van der Waals surface area contributed by atoms with Gasteiger partial charge in [-0.1, -0.05) is 121 Å². The molecular formula is C55H35N3S. The van der Waals surface area contributed by atoms with Crippen LogP contribution in [0.5, 0.6) is 0 Å². The van der Waals surface area contributed by atoms with Crippen LogP contribution >= 0.6 is 11.3 Å². The van der Waals surface area contributed by atoms with Gasteiger partial charge in [-0.3, -0.25) is 0 Å². The SMILES string of the molecule is c1ccc(-c2cc(-c3ccccc3)cc(-n3c4ccccc4c4cc(-c5ccc6c(c5)c5ccccc5n6-c5ccc(-c6nc7ccccc7s6)cc5)ccc43)c2)cc1. The number of nitrogens with zero attached hydrogens (tertiary/aromatic N) is 3. The first-order chi connectivity index (χ1) is 29.2. The van der Waals surface area contributed by atoms with Crippen LogP contribution in [0.3, 0.4) is 0 Å². The molecule has 276 valence electrons. The molecule has 0 saturated heterocycles. The molecule has 0 N–H and O–H groups in total. The van der Waals surface area contributed by atoms with Crippen molar-refractivity contribution < 1.29 is 0 Å². The molecule has 9 aromatic carbocycles. The van der Waals surface area contributed by atoms with Crippen molar-refractivity contribution in [3.8, 4) is 55.3 Å². The lowest BCUT2D eigenvalue weighted by Gasteiger charge is -2.14. The van der Waals surface area contributed by atoms with E-state index in [4.69, 9.17) is 4.98 Å². The quantitative estimate of drug-likeness (QED) is 0.165. The highest BCUT2D eigenvalue weighted by Gasteiger charge is 2.18. The second-order valence-corrected chi connectivity index (χ2v) is 16.2. The molecule has 12 rings (SSSR count). The number of hydrogen-bond donors (Lipinski definition) is 0. The van der Waals surface area contributed by atoms with Crippen LogP contribution in [0.25, 0.3) is 109 Å². The first-order valence-corrected chi connectivity index (χ1v) is 20.8. The first kappa shape index (κ1) is 33.6. The fourth-order valence-corrected chi connectivity index (χ4v) is 9.92. The number of fused-ring (bicyclic) bond motifs is 7. The number of rotatable bonds is 6. The van der Waals surface area contributed by atoms with Crippen LogP contribution in [0.1, 0.15) is 0 Å². The average Bonchev–Trinajstić information content (AvgIpc) is 4.00. The van der Waals surface area contributed by atoms with Crippen LogP contribution in [-0.2, 0) is 0 Å². The van der Waals surface area contributed by atoms with Crippen molar-refractivity contribution in [3.05, 3.63) is 212 Å². The fourth-order valence-electron chi connectivity index (χ4n) is 8.94. The molecule has 0 fully saturated rings. The zero-order valence-corrected chi connectivity index (χ0v) is 32.8. The molecule has 0 amide bonds. The summed E-state index contributed by atoms with van der Waals surface area (Å²) in [6.45, 7) is 0. The van der Waals surface area contributed by atoms with E-state index < -0.39 is 0 Å². The number of aromatic nitrogens is 3. The lowest BCUT2D eigenvalue weighted by Crippen LogP contribution is -1.96. The minimum atomic E-state index is 1.04. The number of benzene rings is 9. The van der Waals surface area contributed by atoms with E-state index >= 15 is 0 Å². The second kappa shape index (κ2) is 13.6. The van der Waals surface area contributed by atoms with Gasteiger partial charge in [-0.15, -0.1) is 11.3 Å². The number of thiazole rings is 1. The Hall–Kier alpha value is -7.53. The van der Waals surface area contributed by atoms with Crippen molar-refractivity contribution in [3.63, 3.8) is 0 Å². The summed E-state index contributed by atoms with van der Waals surface area (Å²) >= 11 is 1.74. The summed E-state index contributed by atoms with van der Waals surface area (Å²) in [4.78, 5) is 4.91. The zero-order valence-electron chi connectivity index (χ0n) is 32.0. The van der Waals surface area contributed by atoms with Crippen LogP contribution in [0.15, 0.2) is 212 Å². The second-order valence-electron chi connectivity index (χ2n) is 15.2. The van der Waals surface area contributed by atoms with Gasteiger partial charge in [-0.2, -0.15) is 0 Å². The van der Waals surface area contributed by atoms with Crippen LogP contribution < -0.4 is 0 Å². The van der Waals surface area contributed by atoms with Gasteiger partial charge in [0, 0.05) is 38.5 Å². The lowest BCUT2D eigenvalue weighted by molar-refractivity contribution is 1.18. The molecule has 0 unspecified atom stereocenters. The van der Waals surface area contributed by atoms with E-state index in [0.29, 0.717) is 0 Å². The largest absolute Gasteiger partial charge is 0.309 e. The van der Waals surface area contributed by atoms with Crippen molar-refractivity contribution in [2.45, 2.75) is 0 Å². The molecule has 0 spiro atoms. The Morgan fingerprint density at radius 2 is 0.780 bits per heavy atom. The Morgan fingerprint density at radius 3 is 1.36 bits per heavy atom. The highest BCUT2D eigenvalue weighted by atomic mass is 32.1. The van der Waals surface area contributed by atoms with Crippen molar-refractivity contribution in [2.24, 2.45) is 0 Å². The molecule has 3 heterocycles. The van der Waals surface area contributed by atoms with E-state index in [0.717, 1.165) is 27.5 Å². The topological polar surface area (TPSA) is 22.8 Å². The molecule has 12 aromatic rings. The van der Waals surface area contributed by atoms with E-state index in [-0.39, 0.29) is 0 Å². The Bertz CT molecular complexity index is 3450. The van der Waals surface area contributed by atoms with Crippen molar-refractivity contribution in [1.29, 1.82) is 0 Å². The van der Waals surface area contributed by atoms with Crippen molar-refractivity contribution in [1.82, 2.24) is 14.1 Å². The summed E-state index contributed by atoms with van der Waals surface area (Å²) in [6.07, 6.45) is 0. The Labute approximate surface area is 345 Å². The minimum Gasteiger partial charge on any atom is -0.309 e. The number of para-hydroxylation sites is 3. The predicted octanol–water partition coefficient (Wildman–Crippen LogP) is 15.2. The van der Waals surface area contributed by atoms with Gasteiger partial charge >= 0.3 is 0 Å². The molecule has 3 aromatic heterocycles. The average molecular weight is 770 g/mol. The Kier molecular flexibility index (Phi) is 7.72. The van der Waals surface area contributed by atoms with Gasteiger partial charge in [-0.05, 0) is 124 Å². The van der Waals surface area contributed by atoms with Crippen LogP contribution in [-0.4, -0.2) is 14.1 Å². The van der Waals surface area contributed by atoms with E-state index in [1.807, 2.05) is 6.07 Å². The summed E-state index contributed by atoms with van der Waals surface area (Å²) in [5.74, 6) is 0. The van der Waals surface area contributed by atoms with E-state index in [9.17, 15) is 0 Å². The van der Waals surface area contributed by atoms with Crippen LogP contribution in [0.2, 0.25) is 0 Å². The molecule has 0 bridgehead atoms. The summed E-state index contributed by atoms with van der Waals surface area (Å²) in [7, 11) is 0. The molecule has 4 heteroatoms. The molecule has 59 heavy (non-hydrogen) atoms. The molecule has 0 saturated carbocycles. The summed E-state index contributed by atoms with van der Waals surface area (Å²) in [5.41, 5.74) is 16.4. The van der Waals surface area contributed by atoms with Crippen LogP contribution in [0.4, 0.5) is 0 Å². The molecule has 0 aliphatic heterocycles.